The zero-order valence-corrected chi connectivity index (χ0v) is 7.68. The van der Waals surface area contributed by atoms with Crippen LogP contribution in [-0.2, 0) is 0 Å². The first-order valence-corrected chi connectivity index (χ1v) is 4.16. The maximum absolute atomic E-state index is 9.57. The monoisotopic (exact) mass is 190 g/mol. The number of aromatic nitrogens is 3. The van der Waals surface area contributed by atoms with Gasteiger partial charge in [-0.05, 0) is 19.1 Å². The molecule has 5 heteroatoms. The van der Waals surface area contributed by atoms with Crippen molar-refractivity contribution in [3.05, 3.63) is 30.1 Å². The molecular weight excluding hydrogens is 180 g/mol. The van der Waals surface area contributed by atoms with Crippen LogP contribution in [0, 0.1) is 6.92 Å². The van der Waals surface area contributed by atoms with Gasteiger partial charge >= 0.3 is 0 Å². The number of hydrogen-bond acceptors (Lipinski definition) is 4. The summed E-state index contributed by atoms with van der Waals surface area (Å²) in [4.78, 5) is 3.95. The molecule has 72 valence electrons. The summed E-state index contributed by atoms with van der Waals surface area (Å²) >= 11 is 0. The third kappa shape index (κ3) is 1.28. The predicted molar refractivity (Wildman–Crippen MR) is 52.2 cm³/mol. The Hall–Kier alpha value is -2.04. The summed E-state index contributed by atoms with van der Waals surface area (Å²) in [5, 5.41) is 13.5. The van der Waals surface area contributed by atoms with Crippen molar-refractivity contribution in [1.29, 1.82) is 0 Å². The van der Waals surface area contributed by atoms with E-state index in [1.54, 1.807) is 25.1 Å². The van der Waals surface area contributed by atoms with Gasteiger partial charge in [-0.2, -0.15) is 4.98 Å². The van der Waals surface area contributed by atoms with Crippen LogP contribution in [0.5, 0.6) is 5.75 Å². The summed E-state index contributed by atoms with van der Waals surface area (Å²) in [7, 11) is 0. The molecule has 0 unspecified atom stereocenters. The number of anilines is 1. The molecule has 3 N–H and O–H groups in total. The number of hydrogen-bond donors (Lipinski definition) is 2. The Bertz CT molecular complexity index is 464. The van der Waals surface area contributed by atoms with Crippen molar-refractivity contribution in [2.24, 2.45) is 0 Å². The van der Waals surface area contributed by atoms with Crippen molar-refractivity contribution in [2.45, 2.75) is 6.92 Å². The second kappa shape index (κ2) is 3.02. The Balaban J connectivity index is 2.60. The molecule has 14 heavy (non-hydrogen) atoms. The van der Waals surface area contributed by atoms with Gasteiger partial charge in [-0.1, -0.05) is 12.1 Å². The zero-order chi connectivity index (χ0) is 10.1. The number of phenolic OH excluding ortho intramolecular Hbond substituents is 1. The molecule has 0 aliphatic rings. The first-order valence-electron chi connectivity index (χ1n) is 4.16. The number of rotatable bonds is 1. The molecule has 0 fully saturated rings. The van der Waals surface area contributed by atoms with E-state index in [0.29, 0.717) is 11.5 Å². The summed E-state index contributed by atoms with van der Waals surface area (Å²) < 4.78 is 1.50. The van der Waals surface area contributed by atoms with Crippen molar-refractivity contribution in [3.8, 4) is 11.4 Å². The van der Waals surface area contributed by atoms with E-state index >= 15 is 0 Å². The summed E-state index contributed by atoms with van der Waals surface area (Å²) in [6.07, 6.45) is 0. The maximum atomic E-state index is 9.57. The van der Waals surface area contributed by atoms with Crippen molar-refractivity contribution in [1.82, 2.24) is 14.8 Å². The Kier molecular flexibility index (Phi) is 1.85. The molecule has 0 saturated heterocycles. The zero-order valence-electron chi connectivity index (χ0n) is 7.68. The molecule has 0 aliphatic carbocycles. The molecule has 0 atom stereocenters. The van der Waals surface area contributed by atoms with Crippen LogP contribution in [0.2, 0.25) is 0 Å². The number of aryl methyl sites for hydroxylation is 1. The molecule has 0 aliphatic heterocycles. The number of aromatic hydroxyl groups is 1. The van der Waals surface area contributed by atoms with Crippen molar-refractivity contribution >= 4 is 5.95 Å². The minimum Gasteiger partial charge on any atom is -0.506 e. The van der Waals surface area contributed by atoms with Crippen LogP contribution in [0.4, 0.5) is 5.95 Å². The van der Waals surface area contributed by atoms with Crippen LogP contribution in [-0.4, -0.2) is 19.9 Å². The lowest BCUT2D eigenvalue weighted by Gasteiger charge is -2.04. The van der Waals surface area contributed by atoms with Gasteiger partial charge < -0.3 is 10.8 Å². The number of nitrogens with two attached hydrogens (primary N) is 1. The maximum Gasteiger partial charge on any atom is 0.240 e. The first kappa shape index (κ1) is 8.55. The van der Waals surface area contributed by atoms with Crippen LogP contribution in [0.3, 0.4) is 0 Å². The van der Waals surface area contributed by atoms with E-state index in [9.17, 15) is 5.11 Å². The number of nitrogen functional groups attached to an aromatic ring is 1. The van der Waals surface area contributed by atoms with Gasteiger partial charge in [-0.3, -0.25) is 0 Å². The van der Waals surface area contributed by atoms with E-state index < -0.39 is 0 Å². The largest absolute Gasteiger partial charge is 0.506 e. The first-order chi connectivity index (χ1) is 6.68. The molecule has 1 aromatic heterocycles. The molecule has 1 aromatic carbocycles. The van der Waals surface area contributed by atoms with Gasteiger partial charge in [0.25, 0.3) is 0 Å². The quantitative estimate of drug-likeness (QED) is 0.699. The highest BCUT2D eigenvalue weighted by Gasteiger charge is 2.08. The fourth-order valence-electron chi connectivity index (χ4n) is 1.28. The number of nitrogens with zero attached hydrogens (tertiary/aromatic N) is 3. The highest BCUT2D eigenvalue weighted by Crippen LogP contribution is 2.20. The Morgan fingerprint density at radius 2 is 2.07 bits per heavy atom. The Morgan fingerprint density at radius 1 is 1.36 bits per heavy atom. The van der Waals surface area contributed by atoms with E-state index in [4.69, 9.17) is 5.73 Å². The SMILES string of the molecule is Cc1nc(N)nn1-c1ccccc1O. The van der Waals surface area contributed by atoms with Crippen LogP contribution in [0.25, 0.3) is 5.69 Å². The molecule has 5 nitrogen and oxygen atoms in total. The van der Waals surface area contributed by atoms with Gasteiger partial charge in [0.15, 0.2) is 0 Å². The van der Waals surface area contributed by atoms with Gasteiger partial charge in [0, 0.05) is 0 Å². The van der Waals surface area contributed by atoms with E-state index in [0.717, 1.165) is 0 Å². The van der Waals surface area contributed by atoms with Gasteiger partial charge in [-0.15, -0.1) is 5.10 Å². The standard InChI is InChI=1S/C9H10N4O/c1-6-11-9(10)12-13(6)7-4-2-3-5-8(7)14/h2-5,14H,1H3,(H2,10,12). The molecule has 0 bridgehead atoms. The van der Waals surface area contributed by atoms with Crippen molar-refractivity contribution in [2.75, 3.05) is 5.73 Å². The Labute approximate surface area is 80.8 Å². The van der Waals surface area contributed by atoms with Crippen molar-refractivity contribution < 1.29 is 5.11 Å². The van der Waals surface area contributed by atoms with E-state index in [1.807, 2.05) is 6.07 Å². The third-order valence-corrected chi connectivity index (χ3v) is 1.90. The van der Waals surface area contributed by atoms with E-state index in [2.05, 4.69) is 10.1 Å². The normalized spacial score (nSPS) is 10.4. The fraction of sp³-hybridized carbons (Fsp3) is 0.111. The fourth-order valence-corrected chi connectivity index (χ4v) is 1.28. The van der Waals surface area contributed by atoms with Gasteiger partial charge in [0.05, 0.1) is 0 Å². The van der Waals surface area contributed by atoms with Gasteiger partial charge in [0.1, 0.15) is 17.3 Å². The van der Waals surface area contributed by atoms with E-state index in [-0.39, 0.29) is 11.7 Å². The summed E-state index contributed by atoms with van der Waals surface area (Å²) in [6.45, 7) is 1.77. The van der Waals surface area contributed by atoms with Gasteiger partial charge in [0.2, 0.25) is 5.95 Å². The number of benzene rings is 1. The van der Waals surface area contributed by atoms with E-state index in [1.165, 1.54) is 4.68 Å². The summed E-state index contributed by atoms with van der Waals surface area (Å²) in [5.41, 5.74) is 6.02. The predicted octanol–water partition coefficient (Wildman–Crippen LogP) is 0.864. The number of phenols is 1. The van der Waals surface area contributed by atoms with Crippen LogP contribution in [0.15, 0.2) is 24.3 Å². The molecular formula is C9H10N4O. The highest BCUT2D eigenvalue weighted by molar-refractivity contribution is 5.45. The lowest BCUT2D eigenvalue weighted by Crippen LogP contribution is -1.99. The van der Waals surface area contributed by atoms with Crippen LogP contribution >= 0.6 is 0 Å². The van der Waals surface area contributed by atoms with Crippen LogP contribution < -0.4 is 5.73 Å². The highest BCUT2D eigenvalue weighted by atomic mass is 16.3. The molecule has 0 amide bonds. The van der Waals surface area contributed by atoms with Crippen molar-refractivity contribution in [3.63, 3.8) is 0 Å². The lowest BCUT2D eigenvalue weighted by atomic mass is 10.3. The molecule has 0 radical (unpaired) electrons. The third-order valence-electron chi connectivity index (χ3n) is 1.90. The number of para-hydroxylation sites is 2. The van der Waals surface area contributed by atoms with Gasteiger partial charge in [-0.25, -0.2) is 4.68 Å². The smallest absolute Gasteiger partial charge is 0.240 e. The minimum absolute atomic E-state index is 0.153. The topological polar surface area (TPSA) is 77.0 Å². The summed E-state index contributed by atoms with van der Waals surface area (Å²) in [5.74, 6) is 0.996. The average molecular weight is 190 g/mol. The molecule has 2 rings (SSSR count). The minimum atomic E-state index is 0.153. The summed E-state index contributed by atoms with van der Waals surface area (Å²) in [6, 6.07) is 6.89. The molecule has 0 saturated carbocycles. The second-order valence-electron chi connectivity index (χ2n) is 2.92. The molecule has 1 heterocycles. The average Bonchev–Trinajstić information content (AvgIpc) is 2.46. The van der Waals surface area contributed by atoms with Crippen LogP contribution in [0.1, 0.15) is 5.82 Å². The molecule has 2 aromatic rings. The molecule has 0 spiro atoms. The Morgan fingerprint density at radius 3 is 2.64 bits per heavy atom. The second-order valence-corrected chi connectivity index (χ2v) is 2.92. The lowest BCUT2D eigenvalue weighted by molar-refractivity contribution is 0.470.